The Morgan fingerprint density at radius 2 is 2.23 bits per heavy atom. The second-order valence-corrected chi connectivity index (χ2v) is 6.90. The van der Waals surface area contributed by atoms with Gasteiger partial charge in [0.25, 0.3) is 5.91 Å². The van der Waals surface area contributed by atoms with Gasteiger partial charge in [0, 0.05) is 29.9 Å². The van der Waals surface area contributed by atoms with Crippen LogP contribution in [0.25, 0.3) is 10.4 Å². The molecule has 114 valence electrons. The zero-order valence-electron chi connectivity index (χ0n) is 11.9. The molecule has 1 aromatic carbocycles. The van der Waals surface area contributed by atoms with E-state index in [-0.39, 0.29) is 17.8 Å². The van der Waals surface area contributed by atoms with Gasteiger partial charge in [-0.1, -0.05) is 18.2 Å². The third kappa shape index (κ3) is 2.42. The minimum atomic E-state index is -0.296. The van der Waals surface area contributed by atoms with Gasteiger partial charge in [0.15, 0.2) is 5.01 Å². The number of hydrogen-bond donors (Lipinski definition) is 2. The van der Waals surface area contributed by atoms with Crippen molar-refractivity contribution in [1.29, 1.82) is 0 Å². The van der Waals surface area contributed by atoms with E-state index in [0.29, 0.717) is 27.5 Å². The van der Waals surface area contributed by atoms with Crippen molar-refractivity contribution in [3.63, 3.8) is 0 Å². The lowest BCUT2D eigenvalue weighted by molar-refractivity contribution is 0.0930. The van der Waals surface area contributed by atoms with E-state index >= 15 is 0 Å². The highest BCUT2D eigenvalue weighted by atomic mass is 32.1. The molecule has 3 unspecified atom stereocenters. The van der Waals surface area contributed by atoms with Gasteiger partial charge in [-0.15, -0.1) is 11.3 Å². The van der Waals surface area contributed by atoms with Gasteiger partial charge in [0.2, 0.25) is 0 Å². The number of aromatic nitrogens is 1. The molecule has 2 aliphatic heterocycles. The molecule has 6 heteroatoms. The number of carbonyl (C=O) groups is 1. The van der Waals surface area contributed by atoms with Gasteiger partial charge >= 0.3 is 0 Å². The van der Waals surface area contributed by atoms with Crippen molar-refractivity contribution in [2.75, 3.05) is 0 Å². The van der Waals surface area contributed by atoms with E-state index in [9.17, 15) is 9.18 Å². The number of nitrogens with zero attached hydrogens (tertiary/aromatic N) is 1. The Bertz CT molecular complexity index is 717. The summed E-state index contributed by atoms with van der Waals surface area (Å²) in [6.45, 7) is 0. The first-order valence-electron chi connectivity index (χ1n) is 7.48. The van der Waals surface area contributed by atoms with Crippen LogP contribution >= 0.6 is 11.3 Å². The Morgan fingerprint density at radius 1 is 1.36 bits per heavy atom. The molecule has 4 nitrogen and oxygen atoms in total. The van der Waals surface area contributed by atoms with E-state index in [4.69, 9.17) is 0 Å². The summed E-state index contributed by atoms with van der Waals surface area (Å²) in [6, 6.07) is 7.65. The molecule has 2 aromatic rings. The quantitative estimate of drug-likeness (QED) is 0.915. The molecule has 1 aromatic heterocycles. The molecule has 4 rings (SSSR count). The van der Waals surface area contributed by atoms with Crippen molar-refractivity contribution >= 4 is 17.2 Å². The van der Waals surface area contributed by atoms with Crippen molar-refractivity contribution in [3.8, 4) is 10.4 Å². The van der Waals surface area contributed by atoms with Crippen LogP contribution in [0.2, 0.25) is 0 Å². The summed E-state index contributed by atoms with van der Waals surface area (Å²) >= 11 is 1.23. The summed E-state index contributed by atoms with van der Waals surface area (Å²) in [5.74, 6) is -0.456. The highest BCUT2D eigenvalue weighted by Gasteiger charge is 2.39. The van der Waals surface area contributed by atoms with Crippen LogP contribution in [0.5, 0.6) is 0 Å². The Hall–Kier alpha value is -1.79. The number of hydrogen-bond acceptors (Lipinski definition) is 4. The maximum absolute atomic E-state index is 13.8. The molecule has 0 spiro atoms. The van der Waals surface area contributed by atoms with Crippen LogP contribution in [-0.2, 0) is 0 Å². The number of rotatable bonds is 3. The lowest BCUT2D eigenvalue weighted by atomic mass is 9.95. The Kier molecular flexibility index (Phi) is 3.43. The molecule has 0 saturated carbocycles. The number of halogens is 1. The predicted molar refractivity (Wildman–Crippen MR) is 83.3 cm³/mol. The molecule has 3 heterocycles. The molecule has 1 amide bonds. The van der Waals surface area contributed by atoms with Gasteiger partial charge in [0.05, 0.1) is 4.88 Å². The second kappa shape index (κ2) is 5.44. The average molecular weight is 317 g/mol. The molecular weight excluding hydrogens is 301 g/mol. The SMILES string of the molecule is O=C(NC1CC2CCC1N2)c1ncc(-c2ccccc2F)s1. The Balaban J connectivity index is 1.49. The highest BCUT2D eigenvalue weighted by Crippen LogP contribution is 2.30. The van der Waals surface area contributed by atoms with E-state index in [2.05, 4.69) is 15.6 Å². The molecule has 2 aliphatic rings. The summed E-state index contributed by atoms with van der Waals surface area (Å²) in [7, 11) is 0. The number of amides is 1. The monoisotopic (exact) mass is 317 g/mol. The van der Waals surface area contributed by atoms with E-state index < -0.39 is 0 Å². The van der Waals surface area contributed by atoms with E-state index in [1.807, 2.05) is 0 Å². The van der Waals surface area contributed by atoms with Gasteiger partial charge in [0.1, 0.15) is 5.82 Å². The van der Waals surface area contributed by atoms with Crippen molar-refractivity contribution in [2.24, 2.45) is 0 Å². The minimum absolute atomic E-state index is 0.160. The molecule has 3 atom stereocenters. The number of carbonyl (C=O) groups excluding carboxylic acids is 1. The fourth-order valence-electron chi connectivity index (χ4n) is 3.38. The maximum Gasteiger partial charge on any atom is 0.280 e. The van der Waals surface area contributed by atoms with Crippen LogP contribution in [-0.4, -0.2) is 29.0 Å². The summed E-state index contributed by atoms with van der Waals surface area (Å²) in [6.07, 6.45) is 4.87. The van der Waals surface area contributed by atoms with Gasteiger partial charge < -0.3 is 10.6 Å². The standard InChI is InChI=1S/C16H16FN3OS/c17-11-4-2-1-3-10(11)14-8-18-16(22-14)15(21)20-13-7-9-5-6-12(13)19-9/h1-4,8-9,12-13,19H,5-7H2,(H,20,21). The smallest absolute Gasteiger partial charge is 0.280 e. The van der Waals surface area contributed by atoms with Gasteiger partial charge in [-0.2, -0.15) is 0 Å². The first-order chi connectivity index (χ1) is 10.7. The number of fused-ring (bicyclic) bond motifs is 2. The topological polar surface area (TPSA) is 54.0 Å². The second-order valence-electron chi connectivity index (χ2n) is 5.87. The summed E-state index contributed by atoms with van der Waals surface area (Å²) < 4.78 is 13.8. The fraction of sp³-hybridized carbons (Fsp3) is 0.375. The van der Waals surface area contributed by atoms with Crippen molar-refractivity contribution < 1.29 is 9.18 Å². The highest BCUT2D eigenvalue weighted by molar-refractivity contribution is 7.17. The van der Waals surface area contributed by atoms with Gasteiger partial charge in [-0.25, -0.2) is 9.37 Å². The van der Waals surface area contributed by atoms with E-state index in [1.165, 1.54) is 23.8 Å². The lowest BCUT2D eigenvalue weighted by Gasteiger charge is -2.20. The first kappa shape index (κ1) is 13.8. The molecule has 2 saturated heterocycles. The Morgan fingerprint density at radius 3 is 2.95 bits per heavy atom. The lowest BCUT2D eigenvalue weighted by Crippen LogP contribution is -2.42. The Labute approximate surface area is 131 Å². The minimum Gasteiger partial charge on any atom is -0.346 e. The van der Waals surface area contributed by atoms with E-state index in [1.54, 1.807) is 24.4 Å². The van der Waals surface area contributed by atoms with Crippen molar-refractivity contribution in [2.45, 2.75) is 37.4 Å². The van der Waals surface area contributed by atoms with E-state index in [0.717, 1.165) is 12.8 Å². The van der Waals surface area contributed by atoms with Crippen LogP contribution in [0.1, 0.15) is 29.1 Å². The third-order valence-electron chi connectivity index (χ3n) is 4.46. The zero-order chi connectivity index (χ0) is 15.1. The number of benzene rings is 1. The maximum atomic E-state index is 13.8. The summed E-state index contributed by atoms with van der Waals surface area (Å²) in [4.78, 5) is 17.2. The number of nitrogens with one attached hydrogen (secondary N) is 2. The third-order valence-corrected chi connectivity index (χ3v) is 5.49. The summed E-state index contributed by atoms with van der Waals surface area (Å²) in [5.41, 5.74) is 0.487. The van der Waals surface area contributed by atoms with Crippen LogP contribution in [0.4, 0.5) is 4.39 Å². The molecular formula is C16H16FN3OS. The molecule has 0 radical (unpaired) electrons. The largest absolute Gasteiger partial charge is 0.346 e. The van der Waals surface area contributed by atoms with Crippen LogP contribution in [0.15, 0.2) is 30.5 Å². The van der Waals surface area contributed by atoms with Crippen LogP contribution in [0.3, 0.4) is 0 Å². The molecule has 22 heavy (non-hydrogen) atoms. The number of thiazole rings is 1. The van der Waals surface area contributed by atoms with Crippen molar-refractivity contribution in [3.05, 3.63) is 41.3 Å². The first-order valence-corrected chi connectivity index (χ1v) is 8.30. The van der Waals surface area contributed by atoms with Crippen LogP contribution < -0.4 is 10.6 Å². The van der Waals surface area contributed by atoms with Crippen molar-refractivity contribution in [1.82, 2.24) is 15.6 Å². The predicted octanol–water partition coefficient (Wildman–Crippen LogP) is 2.57. The molecule has 2 N–H and O–H groups in total. The summed E-state index contributed by atoms with van der Waals surface area (Å²) in [5, 5.41) is 6.94. The zero-order valence-corrected chi connectivity index (χ0v) is 12.7. The van der Waals surface area contributed by atoms with Gasteiger partial charge in [-0.05, 0) is 25.3 Å². The normalized spacial score (nSPS) is 26.3. The molecule has 2 fully saturated rings. The fourth-order valence-corrected chi connectivity index (χ4v) is 4.22. The molecule has 0 aliphatic carbocycles. The average Bonchev–Trinajstić information content (AvgIpc) is 3.24. The van der Waals surface area contributed by atoms with Gasteiger partial charge in [-0.3, -0.25) is 4.79 Å². The molecule has 2 bridgehead atoms. The van der Waals surface area contributed by atoms with Crippen LogP contribution in [0, 0.1) is 5.82 Å².